The van der Waals surface area contributed by atoms with Crippen LogP contribution in [0.4, 0.5) is 0 Å². The van der Waals surface area contributed by atoms with Crippen molar-refractivity contribution in [2.24, 2.45) is 10.7 Å². The Morgan fingerprint density at radius 3 is 2.54 bits per heavy atom. The molecule has 0 aliphatic rings. The quantitative estimate of drug-likeness (QED) is 0.319. The van der Waals surface area contributed by atoms with Crippen LogP contribution >= 0.6 is 35.6 Å². The Morgan fingerprint density at radius 2 is 1.85 bits per heavy atom. The molecular formula is C19H24ClIN4O. The minimum atomic E-state index is -0.433. The van der Waals surface area contributed by atoms with Gasteiger partial charge in [0.05, 0.1) is 6.54 Å². The van der Waals surface area contributed by atoms with Crippen LogP contribution in [0.5, 0.6) is 0 Å². The van der Waals surface area contributed by atoms with Crippen molar-refractivity contribution in [2.45, 2.75) is 19.9 Å². The Balaban J connectivity index is 0.00000338. The van der Waals surface area contributed by atoms with Gasteiger partial charge in [-0.1, -0.05) is 35.9 Å². The summed E-state index contributed by atoms with van der Waals surface area (Å²) in [5.41, 5.74) is 7.91. The van der Waals surface area contributed by atoms with Crippen LogP contribution in [0.25, 0.3) is 0 Å². The van der Waals surface area contributed by atoms with Crippen molar-refractivity contribution in [3.8, 4) is 0 Å². The van der Waals surface area contributed by atoms with E-state index in [0.717, 1.165) is 36.1 Å². The van der Waals surface area contributed by atoms with Gasteiger partial charge < -0.3 is 16.4 Å². The van der Waals surface area contributed by atoms with E-state index >= 15 is 0 Å². The molecule has 0 fully saturated rings. The first kappa shape index (κ1) is 22.2. The highest BCUT2D eigenvalue weighted by molar-refractivity contribution is 14.0. The average Bonchev–Trinajstić information content (AvgIpc) is 2.60. The molecule has 0 atom stereocenters. The van der Waals surface area contributed by atoms with E-state index in [1.807, 2.05) is 43.3 Å². The van der Waals surface area contributed by atoms with Crippen LogP contribution in [0.2, 0.25) is 5.02 Å². The number of amides is 1. The summed E-state index contributed by atoms with van der Waals surface area (Å²) >= 11 is 6.00. The molecular weight excluding hydrogens is 463 g/mol. The summed E-state index contributed by atoms with van der Waals surface area (Å²) in [6.45, 7) is 3.99. The van der Waals surface area contributed by atoms with Crippen molar-refractivity contribution < 1.29 is 4.79 Å². The number of nitrogens with zero attached hydrogens (tertiary/aromatic N) is 1. The molecule has 0 aliphatic heterocycles. The lowest BCUT2D eigenvalue weighted by atomic mass is 10.1. The highest BCUT2D eigenvalue weighted by Gasteiger charge is 2.02. The number of guanidine groups is 1. The molecule has 0 saturated heterocycles. The van der Waals surface area contributed by atoms with Crippen LogP contribution in [-0.4, -0.2) is 25.0 Å². The molecule has 26 heavy (non-hydrogen) atoms. The largest absolute Gasteiger partial charge is 0.366 e. The number of benzene rings is 2. The van der Waals surface area contributed by atoms with Crippen LogP contribution in [-0.2, 0) is 13.0 Å². The third kappa shape index (κ3) is 7.61. The SMILES string of the molecule is CCNC(=NCc1cccc(C(N)=O)c1)NCCc1cccc(Cl)c1.I. The van der Waals surface area contributed by atoms with Crippen molar-refractivity contribution in [2.75, 3.05) is 13.1 Å². The van der Waals surface area contributed by atoms with E-state index in [-0.39, 0.29) is 24.0 Å². The fourth-order valence-corrected chi connectivity index (χ4v) is 2.57. The minimum absolute atomic E-state index is 0. The second kappa shape index (κ2) is 11.7. The molecule has 2 rings (SSSR count). The Labute approximate surface area is 176 Å². The minimum Gasteiger partial charge on any atom is -0.366 e. The molecule has 1 amide bonds. The van der Waals surface area contributed by atoms with Crippen LogP contribution in [0.15, 0.2) is 53.5 Å². The van der Waals surface area contributed by atoms with Gasteiger partial charge in [0.15, 0.2) is 5.96 Å². The number of carbonyl (C=O) groups is 1. The van der Waals surface area contributed by atoms with E-state index < -0.39 is 5.91 Å². The molecule has 4 N–H and O–H groups in total. The molecule has 2 aromatic rings. The Bertz CT molecular complexity index is 752. The molecule has 0 unspecified atom stereocenters. The first-order valence-electron chi connectivity index (χ1n) is 8.24. The highest BCUT2D eigenvalue weighted by Crippen LogP contribution is 2.10. The van der Waals surface area contributed by atoms with Crippen molar-refractivity contribution >= 4 is 47.4 Å². The fourth-order valence-electron chi connectivity index (χ4n) is 2.35. The second-order valence-electron chi connectivity index (χ2n) is 5.57. The van der Waals surface area contributed by atoms with Crippen LogP contribution in [0.1, 0.15) is 28.4 Å². The average molecular weight is 487 g/mol. The zero-order valence-corrected chi connectivity index (χ0v) is 17.8. The summed E-state index contributed by atoms with van der Waals surface area (Å²) in [5.74, 6) is 0.298. The molecule has 140 valence electrons. The second-order valence-corrected chi connectivity index (χ2v) is 6.00. The van der Waals surface area contributed by atoms with E-state index in [9.17, 15) is 4.79 Å². The van der Waals surface area contributed by atoms with Crippen LogP contribution in [0.3, 0.4) is 0 Å². The summed E-state index contributed by atoms with van der Waals surface area (Å²) in [5, 5.41) is 7.25. The van der Waals surface area contributed by atoms with E-state index in [0.29, 0.717) is 12.1 Å². The molecule has 0 aliphatic carbocycles. The summed E-state index contributed by atoms with van der Waals surface area (Å²) in [7, 11) is 0. The van der Waals surface area contributed by atoms with Crippen molar-refractivity contribution in [3.63, 3.8) is 0 Å². The van der Waals surface area contributed by atoms with E-state index in [1.165, 1.54) is 5.56 Å². The van der Waals surface area contributed by atoms with Gasteiger partial charge >= 0.3 is 0 Å². The van der Waals surface area contributed by atoms with E-state index in [1.54, 1.807) is 12.1 Å². The Hall–Kier alpha value is -1.80. The maximum Gasteiger partial charge on any atom is 0.248 e. The summed E-state index contributed by atoms with van der Waals surface area (Å²) < 4.78 is 0. The number of carbonyl (C=O) groups excluding carboxylic acids is 1. The molecule has 5 nitrogen and oxygen atoms in total. The topological polar surface area (TPSA) is 79.5 Å². The Morgan fingerprint density at radius 1 is 1.12 bits per heavy atom. The number of aliphatic imine (C=N–C) groups is 1. The van der Waals surface area contributed by atoms with Crippen LogP contribution in [0, 0.1) is 0 Å². The third-order valence-electron chi connectivity index (χ3n) is 3.57. The molecule has 0 spiro atoms. The molecule has 2 aromatic carbocycles. The standard InChI is InChI=1S/C19H23ClN4O.HI/c1-2-22-19(23-10-9-14-5-4-8-17(20)12-14)24-13-15-6-3-7-16(11-15)18(21)25;/h3-8,11-12H,2,9-10,13H2,1H3,(H2,21,25)(H2,22,23,24);1H. The van der Waals surface area contributed by atoms with Gasteiger partial charge in [-0.2, -0.15) is 0 Å². The summed E-state index contributed by atoms with van der Waals surface area (Å²) in [6.07, 6.45) is 0.849. The van der Waals surface area contributed by atoms with Crippen molar-refractivity contribution in [1.82, 2.24) is 10.6 Å². The van der Waals surface area contributed by atoms with Gasteiger partial charge in [-0.3, -0.25) is 4.79 Å². The molecule has 0 heterocycles. The lowest BCUT2D eigenvalue weighted by molar-refractivity contribution is 0.1000. The van der Waals surface area contributed by atoms with Gasteiger partial charge in [0, 0.05) is 23.7 Å². The zero-order valence-electron chi connectivity index (χ0n) is 14.7. The first-order valence-corrected chi connectivity index (χ1v) is 8.61. The normalized spacial score (nSPS) is 10.8. The van der Waals surface area contributed by atoms with E-state index in [2.05, 4.69) is 15.6 Å². The molecule has 0 radical (unpaired) electrons. The van der Waals surface area contributed by atoms with Crippen molar-refractivity contribution in [1.29, 1.82) is 0 Å². The zero-order chi connectivity index (χ0) is 18.1. The smallest absolute Gasteiger partial charge is 0.248 e. The van der Waals surface area contributed by atoms with Gasteiger partial charge in [-0.15, -0.1) is 24.0 Å². The van der Waals surface area contributed by atoms with Gasteiger partial charge in [0.1, 0.15) is 0 Å². The molecule has 0 bridgehead atoms. The predicted octanol–water partition coefficient (Wildman–Crippen LogP) is 3.35. The van der Waals surface area contributed by atoms with Gasteiger partial charge in [0.2, 0.25) is 5.91 Å². The highest BCUT2D eigenvalue weighted by atomic mass is 127. The van der Waals surface area contributed by atoms with Gasteiger partial charge in [-0.25, -0.2) is 4.99 Å². The number of nitrogens with one attached hydrogen (secondary N) is 2. The summed E-state index contributed by atoms with van der Waals surface area (Å²) in [6, 6.07) is 15.0. The Kier molecular flexibility index (Phi) is 10.0. The molecule has 0 saturated carbocycles. The number of rotatable bonds is 7. The van der Waals surface area contributed by atoms with Gasteiger partial charge in [0.25, 0.3) is 0 Å². The monoisotopic (exact) mass is 486 g/mol. The molecule has 7 heteroatoms. The number of halogens is 2. The first-order chi connectivity index (χ1) is 12.1. The number of hydrogen-bond acceptors (Lipinski definition) is 2. The number of hydrogen-bond donors (Lipinski definition) is 3. The predicted molar refractivity (Wildman–Crippen MR) is 118 cm³/mol. The maximum atomic E-state index is 11.2. The maximum absolute atomic E-state index is 11.2. The third-order valence-corrected chi connectivity index (χ3v) is 3.81. The van der Waals surface area contributed by atoms with E-state index in [4.69, 9.17) is 17.3 Å². The lowest BCUT2D eigenvalue weighted by Gasteiger charge is -2.11. The van der Waals surface area contributed by atoms with Crippen molar-refractivity contribution in [3.05, 3.63) is 70.2 Å². The summed E-state index contributed by atoms with van der Waals surface area (Å²) in [4.78, 5) is 15.8. The fraction of sp³-hybridized carbons (Fsp3) is 0.263. The molecule has 0 aromatic heterocycles. The number of primary amides is 1. The lowest BCUT2D eigenvalue weighted by Crippen LogP contribution is -2.38. The van der Waals surface area contributed by atoms with Gasteiger partial charge in [-0.05, 0) is 48.7 Å². The van der Waals surface area contributed by atoms with Crippen LogP contribution < -0.4 is 16.4 Å². The number of nitrogens with two attached hydrogens (primary N) is 1.